The first-order valence-electron chi connectivity index (χ1n) is 4.19. The number of rotatable bonds is 3. The molecule has 1 saturated carbocycles. The van der Waals surface area contributed by atoms with E-state index in [0.717, 1.165) is 11.6 Å². The Morgan fingerprint density at radius 2 is 2.33 bits per heavy atom. The number of aromatic nitrogens is 1. The van der Waals surface area contributed by atoms with Gasteiger partial charge in [-0.05, 0) is 18.9 Å². The third-order valence-electron chi connectivity index (χ3n) is 1.84. The first-order valence-corrected chi connectivity index (χ1v) is 4.19. The van der Waals surface area contributed by atoms with Crippen molar-refractivity contribution in [1.29, 1.82) is 0 Å². The minimum absolute atomic E-state index is 0.429. The van der Waals surface area contributed by atoms with Gasteiger partial charge in [0, 0.05) is 13.1 Å². The van der Waals surface area contributed by atoms with E-state index in [-0.39, 0.29) is 0 Å². The van der Waals surface area contributed by atoms with Gasteiger partial charge in [-0.25, -0.2) is 4.98 Å². The van der Waals surface area contributed by atoms with Crippen LogP contribution in [0.2, 0.25) is 0 Å². The summed E-state index contributed by atoms with van der Waals surface area (Å²) < 4.78 is 5.49. The predicted molar refractivity (Wildman–Crippen MR) is 47.4 cm³/mol. The van der Waals surface area contributed by atoms with Gasteiger partial charge in [0.1, 0.15) is 6.10 Å². The Bertz CT molecular complexity index is 254. The highest BCUT2D eigenvalue weighted by Gasteiger charge is 2.23. The molecule has 3 heteroatoms. The molecule has 3 nitrogen and oxygen atoms in total. The second-order valence-electron chi connectivity index (χ2n) is 2.95. The molecule has 64 valence electrons. The molecular weight excluding hydrogens is 152 g/mol. The first-order chi connectivity index (χ1) is 5.88. The van der Waals surface area contributed by atoms with Crippen molar-refractivity contribution < 1.29 is 4.74 Å². The molecule has 1 heterocycles. The summed E-state index contributed by atoms with van der Waals surface area (Å²) in [6.45, 7) is 0. The van der Waals surface area contributed by atoms with Gasteiger partial charge in [0.2, 0.25) is 5.88 Å². The van der Waals surface area contributed by atoms with Crippen molar-refractivity contribution in [3.63, 3.8) is 0 Å². The molecule has 1 N–H and O–H groups in total. The number of nitrogens with zero attached hydrogens (tertiary/aromatic N) is 1. The summed E-state index contributed by atoms with van der Waals surface area (Å²) in [6.07, 6.45) is 4.56. The van der Waals surface area contributed by atoms with E-state index in [2.05, 4.69) is 10.3 Å². The van der Waals surface area contributed by atoms with Crippen LogP contribution >= 0.6 is 0 Å². The molecule has 0 spiro atoms. The number of hydrogen-bond acceptors (Lipinski definition) is 3. The van der Waals surface area contributed by atoms with Crippen molar-refractivity contribution in [3.8, 4) is 5.88 Å². The summed E-state index contributed by atoms with van der Waals surface area (Å²) >= 11 is 0. The largest absolute Gasteiger partial charge is 0.474 e. The van der Waals surface area contributed by atoms with E-state index in [4.69, 9.17) is 4.74 Å². The Hall–Kier alpha value is -1.25. The zero-order valence-electron chi connectivity index (χ0n) is 7.08. The third kappa shape index (κ3) is 1.67. The van der Waals surface area contributed by atoms with E-state index in [1.165, 1.54) is 12.8 Å². The van der Waals surface area contributed by atoms with Crippen LogP contribution in [0.1, 0.15) is 12.8 Å². The molecule has 1 aliphatic carbocycles. The number of pyridine rings is 1. The Kier molecular flexibility index (Phi) is 1.86. The van der Waals surface area contributed by atoms with Crippen molar-refractivity contribution in [2.45, 2.75) is 18.9 Å². The van der Waals surface area contributed by atoms with E-state index in [1.807, 2.05) is 19.2 Å². The summed E-state index contributed by atoms with van der Waals surface area (Å²) in [5.41, 5.74) is 1.01. The molecule has 1 fully saturated rings. The highest BCUT2D eigenvalue weighted by atomic mass is 16.5. The van der Waals surface area contributed by atoms with Crippen LogP contribution in [0.25, 0.3) is 0 Å². The lowest BCUT2D eigenvalue weighted by molar-refractivity contribution is 0.291. The molecule has 0 aliphatic heterocycles. The van der Waals surface area contributed by atoms with Crippen LogP contribution in [-0.4, -0.2) is 18.1 Å². The van der Waals surface area contributed by atoms with Crippen molar-refractivity contribution in [2.75, 3.05) is 12.4 Å². The fourth-order valence-corrected chi connectivity index (χ4v) is 0.955. The summed E-state index contributed by atoms with van der Waals surface area (Å²) in [4.78, 5) is 4.14. The second kappa shape index (κ2) is 3.01. The maximum Gasteiger partial charge on any atom is 0.213 e. The van der Waals surface area contributed by atoms with E-state index < -0.39 is 0 Å². The smallest absolute Gasteiger partial charge is 0.213 e. The Labute approximate surface area is 71.8 Å². The number of ether oxygens (including phenoxy) is 1. The van der Waals surface area contributed by atoms with Crippen molar-refractivity contribution >= 4 is 5.69 Å². The average molecular weight is 164 g/mol. The second-order valence-corrected chi connectivity index (χ2v) is 2.95. The maximum atomic E-state index is 5.49. The summed E-state index contributed by atoms with van der Waals surface area (Å²) in [6, 6.07) is 3.86. The lowest BCUT2D eigenvalue weighted by atomic mass is 10.4. The van der Waals surface area contributed by atoms with E-state index in [1.54, 1.807) is 6.20 Å². The molecule has 12 heavy (non-hydrogen) atoms. The quantitative estimate of drug-likeness (QED) is 0.737. The first kappa shape index (κ1) is 7.40. The highest BCUT2D eigenvalue weighted by Crippen LogP contribution is 2.25. The number of nitrogens with one attached hydrogen (secondary N) is 1. The standard InChI is InChI=1S/C9H12N2O/c1-10-7-2-5-9(11-6-7)12-8-3-4-8/h2,5-6,8,10H,3-4H2,1H3. The lowest BCUT2D eigenvalue weighted by Crippen LogP contribution is -1.98. The molecule has 0 atom stereocenters. The molecule has 1 aromatic heterocycles. The van der Waals surface area contributed by atoms with E-state index in [0.29, 0.717) is 6.10 Å². The molecule has 2 rings (SSSR count). The van der Waals surface area contributed by atoms with Crippen LogP contribution in [0.4, 0.5) is 5.69 Å². The van der Waals surface area contributed by atoms with Gasteiger partial charge in [-0.1, -0.05) is 0 Å². The average Bonchev–Trinajstić information content (AvgIpc) is 2.90. The van der Waals surface area contributed by atoms with Crippen LogP contribution in [0, 0.1) is 0 Å². The predicted octanol–water partition coefficient (Wildman–Crippen LogP) is 1.66. The molecular formula is C9H12N2O. The fraction of sp³-hybridized carbons (Fsp3) is 0.444. The van der Waals surface area contributed by atoms with Gasteiger partial charge in [-0.3, -0.25) is 0 Å². The molecule has 0 amide bonds. The zero-order chi connectivity index (χ0) is 8.39. The minimum Gasteiger partial charge on any atom is -0.474 e. The van der Waals surface area contributed by atoms with Crippen LogP contribution in [-0.2, 0) is 0 Å². The molecule has 0 unspecified atom stereocenters. The van der Waals surface area contributed by atoms with Crippen LogP contribution < -0.4 is 10.1 Å². The van der Waals surface area contributed by atoms with Crippen molar-refractivity contribution in [1.82, 2.24) is 4.98 Å². The van der Waals surface area contributed by atoms with Gasteiger partial charge >= 0.3 is 0 Å². The molecule has 0 saturated heterocycles. The van der Waals surface area contributed by atoms with Crippen LogP contribution in [0.15, 0.2) is 18.3 Å². The third-order valence-corrected chi connectivity index (χ3v) is 1.84. The fourth-order valence-electron chi connectivity index (χ4n) is 0.955. The Balaban J connectivity index is 2.02. The van der Waals surface area contributed by atoms with Gasteiger partial charge in [-0.2, -0.15) is 0 Å². The number of anilines is 1. The zero-order valence-corrected chi connectivity index (χ0v) is 7.08. The van der Waals surface area contributed by atoms with Crippen molar-refractivity contribution in [2.24, 2.45) is 0 Å². The maximum absolute atomic E-state index is 5.49. The Morgan fingerprint density at radius 3 is 2.83 bits per heavy atom. The molecule has 1 aliphatic rings. The highest BCUT2D eigenvalue weighted by molar-refractivity contribution is 5.41. The summed E-state index contributed by atoms with van der Waals surface area (Å²) in [5.74, 6) is 0.733. The molecule has 0 radical (unpaired) electrons. The molecule has 0 aromatic carbocycles. The van der Waals surface area contributed by atoms with E-state index >= 15 is 0 Å². The van der Waals surface area contributed by atoms with E-state index in [9.17, 15) is 0 Å². The molecule has 1 aromatic rings. The van der Waals surface area contributed by atoms with Gasteiger partial charge in [0.25, 0.3) is 0 Å². The van der Waals surface area contributed by atoms with Gasteiger partial charge in [0.05, 0.1) is 11.9 Å². The van der Waals surface area contributed by atoms with Gasteiger partial charge in [0.15, 0.2) is 0 Å². The van der Waals surface area contributed by atoms with Crippen molar-refractivity contribution in [3.05, 3.63) is 18.3 Å². The molecule has 0 bridgehead atoms. The van der Waals surface area contributed by atoms with Crippen LogP contribution in [0.3, 0.4) is 0 Å². The van der Waals surface area contributed by atoms with Gasteiger partial charge in [-0.15, -0.1) is 0 Å². The van der Waals surface area contributed by atoms with Crippen LogP contribution in [0.5, 0.6) is 5.88 Å². The number of hydrogen-bond donors (Lipinski definition) is 1. The lowest BCUT2D eigenvalue weighted by Gasteiger charge is -2.03. The topological polar surface area (TPSA) is 34.1 Å². The SMILES string of the molecule is CNc1ccc(OC2CC2)nc1. The van der Waals surface area contributed by atoms with Gasteiger partial charge < -0.3 is 10.1 Å². The monoisotopic (exact) mass is 164 g/mol. The minimum atomic E-state index is 0.429. The normalized spacial score (nSPS) is 15.8. The Morgan fingerprint density at radius 1 is 1.50 bits per heavy atom. The summed E-state index contributed by atoms with van der Waals surface area (Å²) in [5, 5.41) is 3.01. The summed E-state index contributed by atoms with van der Waals surface area (Å²) in [7, 11) is 1.87.